The number of hydrogen-bond acceptors (Lipinski definition) is 3. The number of rotatable bonds is 3. The molecule has 0 radical (unpaired) electrons. The molecule has 4 aliphatic carbocycles. The smallest absolute Gasteiger partial charge is 0.332 e. The van der Waals surface area contributed by atoms with E-state index >= 15 is 0 Å². The number of hydrogen-bond donors (Lipinski definition) is 1. The van der Waals surface area contributed by atoms with Gasteiger partial charge in [-0.25, -0.2) is 9.78 Å². The predicted molar refractivity (Wildman–Crippen MR) is 91.1 cm³/mol. The summed E-state index contributed by atoms with van der Waals surface area (Å²) in [6.07, 6.45) is 5.35. The number of nitrogens with one attached hydrogen (secondary N) is 1. The van der Waals surface area contributed by atoms with Gasteiger partial charge in [0.05, 0.1) is 0 Å². The lowest BCUT2D eigenvalue weighted by Crippen LogP contribution is -2.39. The van der Waals surface area contributed by atoms with Crippen LogP contribution in [-0.2, 0) is 13.1 Å². The lowest BCUT2D eigenvalue weighted by molar-refractivity contribution is 0.244. The Morgan fingerprint density at radius 1 is 1.04 bits per heavy atom. The van der Waals surface area contributed by atoms with Crippen molar-refractivity contribution in [1.29, 1.82) is 0 Å². The zero-order valence-electron chi connectivity index (χ0n) is 14.3. The summed E-state index contributed by atoms with van der Waals surface area (Å²) >= 11 is 0. The van der Waals surface area contributed by atoms with Gasteiger partial charge in [0.25, 0.3) is 5.56 Å². The van der Waals surface area contributed by atoms with E-state index in [1.54, 1.807) is 4.57 Å². The van der Waals surface area contributed by atoms with Crippen molar-refractivity contribution in [3.05, 3.63) is 26.7 Å². The minimum absolute atomic E-state index is 0.228. The maximum absolute atomic E-state index is 12.7. The molecule has 6 rings (SSSR count). The van der Waals surface area contributed by atoms with E-state index in [9.17, 15) is 9.59 Å². The lowest BCUT2D eigenvalue weighted by atomic mass is 9.75. The first-order valence-corrected chi connectivity index (χ1v) is 9.35. The Labute approximate surface area is 139 Å². The monoisotopic (exact) mass is 328 g/mol. The van der Waals surface area contributed by atoms with Gasteiger partial charge >= 0.3 is 5.69 Å². The van der Waals surface area contributed by atoms with Gasteiger partial charge in [0, 0.05) is 19.0 Å². The SMILES string of the molecule is CCn1c(=O)c2[nH]c(C3C4CC5CC(C4)C3C5)nc2n(CC)c1=O. The zero-order valence-corrected chi connectivity index (χ0v) is 14.3. The van der Waals surface area contributed by atoms with Crippen molar-refractivity contribution in [2.24, 2.45) is 23.7 Å². The van der Waals surface area contributed by atoms with Crippen LogP contribution in [0.25, 0.3) is 11.2 Å². The minimum Gasteiger partial charge on any atom is -0.336 e. The molecule has 4 fully saturated rings. The van der Waals surface area contributed by atoms with E-state index in [1.807, 2.05) is 13.8 Å². The van der Waals surface area contributed by atoms with Gasteiger partial charge in [-0.05, 0) is 63.2 Å². The average molecular weight is 328 g/mol. The maximum atomic E-state index is 12.7. The first-order chi connectivity index (χ1) is 11.6. The van der Waals surface area contributed by atoms with Gasteiger partial charge in [0.1, 0.15) is 11.3 Å². The van der Waals surface area contributed by atoms with Crippen molar-refractivity contribution in [2.75, 3.05) is 0 Å². The van der Waals surface area contributed by atoms with Gasteiger partial charge in [0.15, 0.2) is 5.65 Å². The summed E-state index contributed by atoms with van der Waals surface area (Å²) in [4.78, 5) is 33.3. The number of fused-ring (bicyclic) bond motifs is 1. The van der Waals surface area contributed by atoms with Gasteiger partial charge < -0.3 is 4.98 Å². The predicted octanol–water partition coefficient (Wildman–Crippen LogP) is 2.08. The first-order valence-electron chi connectivity index (χ1n) is 9.35. The topological polar surface area (TPSA) is 72.7 Å². The van der Waals surface area contributed by atoms with Gasteiger partial charge in [0.2, 0.25) is 0 Å². The Hall–Kier alpha value is -1.85. The van der Waals surface area contributed by atoms with E-state index in [-0.39, 0.29) is 11.2 Å². The van der Waals surface area contributed by atoms with Crippen molar-refractivity contribution in [1.82, 2.24) is 19.1 Å². The molecule has 2 aromatic rings. The third-order valence-electron chi connectivity index (χ3n) is 6.89. The molecule has 128 valence electrons. The maximum Gasteiger partial charge on any atom is 0.332 e. The van der Waals surface area contributed by atoms with Crippen molar-refractivity contribution >= 4 is 11.2 Å². The van der Waals surface area contributed by atoms with Crippen molar-refractivity contribution in [3.8, 4) is 0 Å². The molecular weight excluding hydrogens is 304 g/mol. The van der Waals surface area contributed by atoms with Gasteiger partial charge in [-0.15, -0.1) is 0 Å². The summed E-state index contributed by atoms with van der Waals surface area (Å²) in [6, 6.07) is 0. The highest BCUT2D eigenvalue weighted by molar-refractivity contribution is 5.70. The largest absolute Gasteiger partial charge is 0.336 e. The first kappa shape index (κ1) is 14.5. The Kier molecular flexibility index (Phi) is 2.92. The second-order valence-electron chi connectivity index (χ2n) is 7.92. The summed E-state index contributed by atoms with van der Waals surface area (Å²) in [6.45, 7) is 4.68. The van der Waals surface area contributed by atoms with E-state index in [0.29, 0.717) is 36.1 Å². The molecule has 4 bridgehead atoms. The van der Waals surface area contributed by atoms with Crippen LogP contribution in [0, 0.1) is 23.7 Å². The molecule has 0 aromatic carbocycles. The summed E-state index contributed by atoms with van der Waals surface area (Å²) in [5, 5.41) is 0. The molecule has 2 heterocycles. The number of aromatic amines is 1. The summed E-state index contributed by atoms with van der Waals surface area (Å²) in [7, 11) is 0. The van der Waals surface area contributed by atoms with E-state index in [0.717, 1.165) is 23.6 Å². The molecule has 0 spiro atoms. The van der Waals surface area contributed by atoms with Crippen molar-refractivity contribution in [3.63, 3.8) is 0 Å². The normalized spacial score (nSPS) is 33.8. The Morgan fingerprint density at radius 2 is 1.79 bits per heavy atom. The molecule has 0 amide bonds. The number of imidazole rings is 1. The van der Waals surface area contributed by atoms with Crippen LogP contribution in [0.5, 0.6) is 0 Å². The highest BCUT2D eigenvalue weighted by atomic mass is 16.2. The zero-order chi connectivity index (χ0) is 16.6. The Morgan fingerprint density at radius 3 is 2.50 bits per heavy atom. The average Bonchev–Trinajstić information content (AvgIpc) is 3.18. The van der Waals surface area contributed by atoms with Gasteiger partial charge in [-0.2, -0.15) is 0 Å². The van der Waals surface area contributed by atoms with Crippen LogP contribution in [0.15, 0.2) is 9.59 Å². The van der Waals surface area contributed by atoms with Crippen LogP contribution in [0.3, 0.4) is 0 Å². The fourth-order valence-corrected chi connectivity index (χ4v) is 6.07. The van der Waals surface area contributed by atoms with Crippen molar-refractivity contribution in [2.45, 2.75) is 58.5 Å². The van der Waals surface area contributed by atoms with Crippen LogP contribution in [0.1, 0.15) is 51.3 Å². The molecule has 24 heavy (non-hydrogen) atoms. The molecule has 1 N–H and O–H groups in total. The highest BCUT2D eigenvalue weighted by Gasteiger charge is 2.55. The van der Waals surface area contributed by atoms with Crippen LogP contribution >= 0.6 is 0 Å². The number of aryl methyl sites for hydroxylation is 1. The van der Waals surface area contributed by atoms with E-state index in [4.69, 9.17) is 4.98 Å². The van der Waals surface area contributed by atoms with Gasteiger partial charge in [-0.3, -0.25) is 13.9 Å². The molecule has 4 saturated carbocycles. The second kappa shape index (κ2) is 4.83. The van der Waals surface area contributed by atoms with Crippen molar-refractivity contribution < 1.29 is 0 Å². The number of aromatic nitrogens is 4. The summed E-state index contributed by atoms with van der Waals surface area (Å²) in [5.41, 5.74) is 0.577. The minimum atomic E-state index is -0.246. The fourth-order valence-electron chi connectivity index (χ4n) is 6.07. The van der Waals surface area contributed by atoms with Crippen LogP contribution < -0.4 is 11.2 Å². The molecule has 4 aliphatic rings. The Bertz CT molecular complexity index is 933. The van der Waals surface area contributed by atoms with E-state index in [2.05, 4.69) is 4.98 Å². The quantitative estimate of drug-likeness (QED) is 0.937. The third kappa shape index (κ3) is 1.69. The molecular formula is C18H24N4O2. The number of H-pyrrole nitrogens is 1. The fraction of sp³-hybridized carbons (Fsp3) is 0.722. The molecule has 2 aromatic heterocycles. The molecule has 5 unspecified atom stereocenters. The lowest BCUT2D eigenvalue weighted by Gasteiger charge is -2.30. The van der Waals surface area contributed by atoms with Crippen LogP contribution in [0.2, 0.25) is 0 Å². The molecule has 6 heteroatoms. The Balaban J connectivity index is 1.71. The summed E-state index contributed by atoms with van der Waals surface area (Å²) in [5.74, 6) is 4.62. The standard InChI is InChI=1S/C18H24N4O2/c1-3-21-16-14(17(23)22(4-2)18(21)24)19-15(20-16)13-11-6-9-5-10(8-11)12(13)7-9/h9-13H,3-8H2,1-2H3,(H,19,20). The van der Waals surface area contributed by atoms with Crippen LogP contribution in [-0.4, -0.2) is 19.1 Å². The third-order valence-corrected chi connectivity index (χ3v) is 6.89. The molecule has 0 saturated heterocycles. The molecule has 5 atom stereocenters. The van der Waals surface area contributed by atoms with Crippen LogP contribution in [0.4, 0.5) is 0 Å². The number of nitrogens with zero attached hydrogens (tertiary/aromatic N) is 3. The molecule has 6 nitrogen and oxygen atoms in total. The molecule has 0 aliphatic heterocycles. The van der Waals surface area contributed by atoms with Gasteiger partial charge in [-0.1, -0.05) is 0 Å². The highest BCUT2D eigenvalue weighted by Crippen LogP contribution is 2.63. The van der Waals surface area contributed by atoms with E-state index < -0.39 is 0 Å². The second-order valence-corrected chi connectivity index (χ2v) is 7.92. The van der Waals surface area contributed by atoms with E-state index in [1.165, 1.54) is 30.3 Å². The summed E-state index contributed by atoms with van der Waals surface area (Å²) < 4.78 is 2.94.